The number of hydrogen-bond acceptors (Lipinski definition) is 2. The van der Waals surface area contributed by atoms with Crippen LogP contribution < -0.4 is 10.1 Å². The molecule has 1 aromatic rings. The SMILES string of the molecule is COc1cccc2c1[C@@H]1CCCN[C@H]1CC2. The second-order valence-electron chi connectivity index (χ2n) is 4.88. The molecule has 0 unspecified atom stereocenters. The number of methoxy groups -OCH3 is 1. The highest BCUT2D eigenvalue weighted by Crippen LogP contribution is 2.41. The number of fused-ring (bicyclic) bond motifs is 3. The Bertz CT molecular complexity index is 374. The van der Waals surface area contributed by atoms with Crippen molar-refractivity contribution in [1.82, 2.24) is 5.32 Å². The third-order valence-corrected chi connectivity index (χ3v) is 4.06. The minimum absolute atomic E-state index is 0.675. The Morgan fingerprint density at radius 1 is 1.31 bits per heavy atom. The molecular formula is C14H19NO. The van der Waals surface area contributed by atoms with Crippen molar-refractivity contribution >= 4 is 0 Å². The van der Waals surface area contributed by atoms with Crippen LogP contribution in [0.2, 0.25) is 0 Å². The lowest BCUT2D eigenvalue weighted by Crippen LogP contribution is -2.42. The van der Waals surface area contributed by atoms with Crippen LogP contribution in [0.25, 0.3) is 0 Å². The van der Waals surface area contributed by atoms with Gasteiger partial charge in [0.05, 0.1) is 7.11 Å². The molecule has 1 heterocycles. The quantitative estimate of drug-likeness (QED) is 0.780. The minimum atomic E-state index is 0.675. The first-order chi connectivity index (χ1) is 7.90. The average Bonchev–Trinajstić information content (AvgIpc) is 2.37. The van der Waals surface area contributed by atoms with Gasteiger partial charge in [-0.2, -0.15) is 0 Å². The van der Waals surface area contributed by atoms with Gasteiger partial charge in [-0.05, 0) is 43.9 Å². The summed E-state index contributed by atoms with van der Waals surface area (Å²) < 4.78 is 5.53. The van der Waals surface area contributed by atoms with Crippen LogP contribution in [-0.4, -0.2) is 19.7 Å². The van der Waals surface area contributed by atoms with E-state index in [1.165, 1.54) is 43.4 Å². The fourth-order valence-corrected chi connectivity index (χ4v) is 3.32. The smallest absolute Gasteiger partial charge is 0.122 e. The van der Waals surface area contributed by atoms with Gasteiger partial charge in [0, 0.05) is 17.5 Å². The molecule has 2 heteroatoms. The molecule has 1 saturated heterocycles. The average molecular weight is 217 g/mol. The normalized spacial score (nSPS) is 28.1. The monoisotopic (exact) mass is 217 g/mol. The van der Waals surface area contributed by atoms with E-state index in [4.69, 9.17) is 4.74 Å². The molecule has 1 aliphatic carbocycles. The topological polar surface area (TPSA) is 21.3 Å². The maximum Gasteiger partial charge on any atom is 0.122 e. The van der Waals surface area contributed by atoms with Crippen LogP contribution >= 0.6 is 0 Å². The van der Waals surface area contributed by atoms with Gasteiger partial charge in [0.1, 0.15) is 5.75 Å². The van der Waals surface area contributed by atoms with Crippen LogP contribution in [-0.2, 0) is 6.42 Å². The molecule has 2 aliphatic rings. The van der Waals surface area contributed by atoms with Crippen LogP contribution in [0, 0.1) is 0 Å². The second kappa shape index (κ2) is 4.10. The van der Waals surface area contributed by atoms with Crippen molar-refractivity contribution < 1.29 is 4.74 Å². The first-order valence-electron chi connectivity index (χ1n) is 6.29. The molecule has 86 valence electrons. The van der Waals surface area contributed by atoms with Crippen LogP contribution in [0.15, 0.2) is 18.2 Å². The summed E-state index contributed by atoms with van der Waals surface area (Å²) in [6.07, 6.45) is 5.08. The van der Waals surface area contributed by atoms with E-state index < -0.39 is 0 Å². The fourth-order valence-electron chi connectivity index (χ4n) is 3.32. The van der Waals surface area contributed by atoms with Gasteiger partial charge >= 0.3 is 0 Å². The van der Waals surface area contributed by atoms with Crippen molar-refractivity contribution in [1.29, 1.82) is 0 Å². The van der Waals surface area contributed by atoms with E-state index in [0.29, 0.717) is 12.0 Å². The molecule has 1 aliphatic heterocycles. The van der Waals surface area contributed by atoms with Gasteiger partial charge in [-0.25, -0.2) is 0 Å². The summed E-state index contributed by atoms with van der Waals surface area (Å²) in [5.41, 5.74) is 2.98. The van der Waals surface area contributed by atoms with Gasteiger partial charge in [-0.3, -0.25) is 0 Å². The molecule has 1 N–H and O–H groups in total. The summed E-state index contributed by atoms with van der Waals surface area (Å²) in [7, 11) is 1.79. The summed E-state index contributed by atoms with van der Waals surface area (Å²) in [6, 6.07) is 7.17. The summed E-state index contributed by atoms with van der Waals surface area (Å²) in [4.78, 5) is 0. The Morgan fingerprint density at radius 2 is 2.25 bits per heavy atom. The zero-order chi connectivity index (χ0) is 11.0. The lowest BCUT2D eigenvalue weighted by Gasteiger charge is -2.38. The van der Waals surface area contributed by atoms with E-state index in [2.05, 4.69) is 23.5 Å². The number of ether oxygens (including phenoxy) is 1. The first-order valence-corrected chi connectivity index (χ1v) is 6.29. The summed E-state index contributed by atoms with van der Waals surface area (Å²) >= 11 is 0. The van der Waals surface area contributed by atoms with Gasteiger partial charge in [0.25, 0.3) is 0 Å². The van der Waals surface area contributed by atoms with E-state index in [1.54, 1.807) is 7.11 Å². The Labute approximate surface area is 97.0 Å². The van der Waals surface area contributed by atoms with Crippen molar-refractivity contribution in [3.63, 3.8) is 0 Å². The van der Waals surface area contributed by atoms with E-state index >= 15 is 0 Å². The molecule has 0 saturated carbocycles. The first kappa shape index (κ1) is 10.2. The zero-order valence-corrected chi connectivity index (χ0v) is 9.83. The minimum Gasteiger partial charge on any atom is -0.496 e. The molecule has 0 amide bonds. The zero-order valence-electron chi connectivity index (χ0n) is 9.83. The molecule has 3 rings (SSSR count). The molecule has 0 bridgehead atoms. The number of aryl methyl sites for hydroxylation is 1. The van der Waals surface area contributed by atoms with Crippen molar-refractivity contribution in [3.8, 4) is 5.75 Å². The van der Waals surface area contributed by atoms with Crippen molar-refractivity contribution in [2.75, 3.05) is 13.7 Å². The van der Waals surface area contributed by atoms with Gasteiger partial charge in [-0.1, -0.05) is 12.1 Å². The number of benzene rings is 1. The highest BCUT2D eigenvalue weighted by atomic mass is 16.5. The summed E-state index contributed by atoms with van der Waals surface area (Å²) in [6.45, 7) is 1.19. The van der Waals surface area contributed by atoms with Gasteiger partial charge < -0.3 is 10.1 Å². The lowest BCUT2D eigenvalue weighted by molar-refractivity contribution is 0.307. The maximum absolute atomic E-state index is 5.53. The molecule has 0 aromatic heterocycles. The Hall–Kier alpha value is -1.02. The third-order valence-electron chi connectivity index (χ3n) is 4.06. The second-order valence-corrected chi connectivity index (χ2v) is 4.88. The van der Waals surface area contributed by atoms with E-state index in [0.717, 1.165) is 5.75 Å². The van der Waals surface area contributed by atoms with Crippen LogP contribution in [0.5, 0.6) is 5.75 Å². The van der Waals surface area contributed by atoms with Crippen molar-refractivity contribution in [2.45, 2.75) is 37.6 Å². The van der Waals surface area contributed by atoms with Gasteiger partial charge in [-0.15, -0.1) is 0 Å². The van der Waals surface area contributed by atoms with Crippen LogP contribution in [0.1, 0.15) is 36.3 Å². The predicted molar refractivity (Wildman–Crippen MR) is 65.1 cm³/mol. The Morgan fingerprint density at radius 3 is 3.12 bits per heavy atom. The summed E-state index contributed by atoms with van der Waals surface area (Å²) in [5.74, 6) is 1.77. The lowest BCUT2D eigenvalue weighted by atomic mass is 9.75. The highest BCUT2D eigenvalue weighted by molar-refractivity contribution is 5.45. The number of rotatable bonds is 1. The predicted octanol–water partition coefficient (Wildman–Crippen LogP) is 2.48. The fraction of sp³-hybridized carbons (Fsp3) is 0.571. The number of nitrogens with one attached hydrogen (secondary N) is 1. The summed E-state index contributed by atoms with van der Waals surface area (Å²) in [5, 5.41) is 3.66. The molecule has 16 heavy (non-hydrogen) atoms. The third kappa shape index (κ3) is 1.52. The van der Waals surface area contributed by atoms with Crippen molar-refractivity contribution in [3.05, 3.63) is 29.3 Å². The Balaban J connectivity index is 2.05. The maximum atomic E-state index is 5.53. The van der Waals surface area contributed by atoms with Gasteiger partial charge in [0.15, 0.2) is 0 Å². The van der Waals surface area contributed by atoms with E-state index in [-0.39, 0.29) is 0 Å². The standard InChI is InChI=1S/C14H19NO/c1-16-13-6-2-4-10-7-8-12-11(14(10)13)5-3-9-15-12/h2,4,6,11-12,15H,3,5,7-9H2,1H3/t11-,12+/m1/s1. The molecule has 0 spiro atoms. The highest BCUT2D eigenvalue weighted by Gasteiger charge is 2.33. The largest absolute Gasteiger partial charge is 0.496 e. The van der Waals surface area contributed by atoms with E-state index in [9.17, 15) is 0 Å². The van der Waals surface area contributed by atoms with Gasteiger partial charge in [0.2, 0.25) is 0 Å². The molecule has 0 radical (unpaired) electrons. The molecule has 1 aromatic carbocycles. The van der Waals surface area contributed by atoms with E-state index in [1.807, 2.05) is 0 Å². The molecule has 2 nitrogen and oxygen atoms in total. The number of piperidine rings is 1. The molecular weight excluding hydrogens is 198 g/mol. The number of hydrogen-bond donors (Lipinski definition) is 1. The van der Waals surface area contributed by atoms with Crippen LogP contribution in [0.4, 0.5) is 0 Å². The molecule has 2 atom stereocenters. The van der Waals surface area contributed by atoms with Crippen molar-refractivity contribution in [2.24, 2.45) is 0 Å². The Kier molecular flexibility index (Phi) is 2.60. The van der Waals surface area contributed by atoms with Crippen LogP contribution in [0.3, 0.4) is 0 Å². The molecule has 1 fully saturated rings.